The number of benzene rings is 1. The zero-order chi connectivity index (χ0) is 40.7. The maximum Gasteiger partial charge on any atom is 0.352 e. The van der Waals surface area contributed by atoms with E-state index in [1.54, 1.807) is 13.8 Å². The van der Waals surface area contributed by atoms with E-state index in [1.165, 1.54) is 58.2 Å². The van der Waals surface area contributed by atoms with Crippen LogP contribution >= 0.6 is 0 Å². The molecule has 0 radical (unpaired) electrons. The van der Waals surface area contributed by atoms with E-state index in [9.17, 15) is 48.9 Å². The molecule has 6 atom stereocenters. The van der Waals surface area contributed by atoms with E-state index >= 15 is 0 Å². The maximum absolute atomic E-state index is 14.6. The molecule has 2 aliphatic rings. The highest BCUT2D eigenvalue weighted by Crippen LogP contribution is 2.36. The van der Waals surface area contributed by atoms with Gasteiger partial charge in [0.05, 0.1) is 6.08 Å². The van der Waals surface area contributed by atoms with E-state index in [4.69, 9.17) is 9.84 Å². The monoisotopic (exact) mass is 754 g/mol. The Balaban J connectivity index is 2.08. The van der Waals surface area contributed by atoms with Gasteiger partial charge in [-0.3, -0.25) is 24.0 Å². The van der Waals surface area contributed by atoms with Crippen LogP contribution in [-0.4, -0.2) is 110 Å². The van der Waals surface area contributed by atoms with Gasteiger partial charge >= 0.3 is 11.9 Å². The van der Waals surface area contributed by atoms with Gasteiger partial charge in [-0.15, -0.1) is 0 Å². The van der Waals surface area contributed by atoms with Gasteiger partial charge in [0, 0.05) is 6.54 Å². The van der Waals surface area contributed by atoms with Crippen LogP contribution in [0, 0.1) is 0 Å². The highest BCUT2D eigenvalue weighted by atomic mass is 16.5. The number of fused-ring (bicyclic) bond motifs is 2. The second kappa shape index (κ2) is 17.7. The topological polar surface area (TPSA) is 273 Å². The fraction of sp³-hybridized carbons (Fsp3) is 0.417. The van der Waals surface area contributed by atoms with Crippen LogP contribution in [-0.2, 0) is 33.6 Å². The van der Waals surface area contributed by atoms with Crippen LogP contribution in [0.25, 0.3) is 0 Å². The van der Waals surface area contributed by atoms with Crippen molar-refractivity contribution in [2.24, 2.45) is 0 Å². The molecule has 54 heavy (non-hydrogen) atoms. The number of nitrogens with zero attached hydrogens (tertiary/aromatic N) is 1. The lowest BCUT2D eigenvalue weighted by Gasteiger charge is -2.40. The van der Waals surface area contributed by atoms with E-state index in [0.29, 0.717) is 0 Å². The molecule has 2 aliphatic heterocycles. The third kappa shape index (κ3) is 9.50. The van der Waals surface area contributed by atoms with Gasteiger partial charge in [-0.05, 0) is 69.5 Å². The molecule has 18 heteroatoms. The first kappa shape index (κ1) is 42.4. The minimum absolute atomic E-state index is 0.0236. The Morgan fingerprint density at radius 1 is 1.07 bits per heavy atom. The van der Waals surface area contributed by atoms with Gasteiger partial charge < -0.3 is 56.6 Å². The van der Waals surface area contributed by atoms with E-state index < -0.39 is 83.0 Å². The number of aliphatic hydroxyl groups is 1. The number of ether oxygens (including phenoxy) is 1. The molecule has 5 amide bonds. The number of allylic oxidation sites excluding steroid dienone is 1. The predicted octanol–water partition coefficient (Wildman–Crippen LogP) is -0.143. The summed E-state index contributed by atoms with van der Waals surface area (Å²) in [7, 11) is 1.43. The summed E-state index contributed by atoms with van der Waals surface area (Å²) in [6, 6.07) is -1.76. The fourth-order valence-corrected chi connectivity index (χ4v) is 5.69. The second-order valence-electron chi connectivity index (χ2n) is 13.0. The average molecular weight is 755 g/mol. The van der Waals surface area contributed by atoms with Gasteiger partial charge in [0.2, 0.25) is 11.8 Å². The number of hydrogen-bond acceptors (Lipinski definition) is 11. The van der Waals surface area contributed by atoms with Gasteiger partial charge in [0.15, 0.2) is 11.5 Å². The smallest absolute Gasteiger partial charge is 0.352 e. The number of likely N-dealkylation sites (N-methyl/N-ethyl adjacent to an activating group) is 1. The molecule has 2 bridgehead atoms. The Hall–Kier alpha value is -6.01. The standard InChI is InChI=1S/C36H46N6O12/c1-8-18(5)26(32(49)38-20(35(52)53)16-24(44)45)40-30(47)21-11-10-14-42(21)34(51)29-36(6,9-2)54-23-15-19(12-13-22(23)43)28(46)27(37-7)33(50)39-25(17(3)4)31(48)41-29/h10-13,15-16,21,25,27-29,37,43,46H,3,8-9,14H2,1-2,4-7H3,(H,38,49)(H,39,50)(H,40,47)(H,41,48)(H,44,45)(H,52,53). The molecule has 18 nitrogen and oxygen atoms in total. The number of hydrogen-bond donors (Lipinski definition) is 9. The number of nitrogens with one attached hydrogen (secondary N) is 5. The number of phenolic OH excluding ortho intramolecular Hbond substituents is 1. The van der Waals surface area contributed by atoms with Crippen molar-refractivity contribution in [3.05, 3.63) is 71.1 Å². The summed E-state index contributed by atoms with van der Waals surface area (Å²) >= 11 is 0. The van der Waals surface area contributed by atoms with Crippen LogP contribution in [0.1, 0.15) is 59.1 Å². The highest BCUT2D eigenvalue weighted by Gasteiger charge is 2.47. The minimum atomic E-state index is -1.75. The Morgan fingerprint density at radius 3 is 2.30 bits per heavy atom. The molecule has 0 fully saturated rings. The molecule has 9 N–H and O–H groups in total. The van der Waals surface area contributed by atoms with Crippen molar-refractivity contribution in [2.75, 3.05) is 13.6 Å². The molecule has 6 unspecified atom stereocenters. The quantitative estimate of drug-likeness (QED) is 0.105. The third-order valence-electron chi connectivity index (χ3n) is 9.15. The summed E-state index contributed by atoms with van der Waals surface area (Å²) in [5.74, 6) is -8.50. The molecule has 3 rings (SSSR count). The van der Waals surface area contributed by atoms with E-state index in [-0.39, 0.29) is 59.4 Å². The summed E-state index contributed by atoms with van der Waals surface area (Å²) in [4.78, 5) is 92.7. The molecule has 0 aliphatic carbocycles. The van der Waals surface area contributed by atoms with Crippen LogP contribution < -0.4 is 31.3 Å². The zero-order valence-corrected chi connectivity index (χ0v) is 30.7. The lowest BCUT2D eigenvalue weighted by Crippen LogP contribution is -2.65. The number of carbonyl (C=O) groups is 7. The number of carbonyl (C=O) groups excluding carboxylic acids is 5. The van der Waals surface area contributed by atoms with Gasteiger partial charge in [-0.1, -0.05) is 38.6 Å². The number of rotatable bonds is 11. The van der Waals surface area contributed by atoms with E-state index in [0.717, 1.165) is 4.90 Å². The van der Waals surface area contributed by atoms with Crippen molar-refractivity contribution in [3.8, 4) is 11.5 Å². The molecule has 0 spiro atoms. The minimum Gasteiger partial charge on any atom is -0.504 e. The van der Waals surface area contributed by atoms with Crippen molar-refractivity contribution >= 4 is 41.5 Å². The van der Waals surface area contributed by atoms with E-state index in [1.807, 2.05) is 5.32 Å². The van der Waals surface area contributed by atoms with Crippen LogP contribution in [0.2, 0.25) is 0 Å². The molecular formula is C36H46N6O12. The number of amides is 5. The maximum atomic E-state index is 14.6. The molecule has 1 aromatic carbocycles. The van der Waals surface area contributed by atoms with Crippen LogP contribution in [0.15, 0.2) is 65.5 Å². The Kier molecular flexibility index (Phi) is 13.9. The Morgan fingerprint density at radius 2 is 1.74 bits per heavy atom. The average Bonchev–Trinajstić information content (AvgIpc) is 3.61. The molecule has 2 heterocycles. The number of aliphatic carboxylic acids is 2. The molecular weight excluding hydrogens is 708 g/mol. The molecule has 292 valence electrons. The SMILES string of the molecule is C=C(C)C1NC(=O)C(NC)C(O)c2ccc(O)c(c2)OC(C)(CC)C(C(=O)N2CC=CC2C(=O)NC(C(=O)NC(=CC(=O)O)C(=O)O)=C(C)CC)NC1=O. The molecule has 0 saturated carbocycles. The summed E-state index contributed by atoms with van der Waals surface area (Å²) in [5, 5.41) is 52.7. The molecule has 1 aromatic rings. The Labute approximate surface area is 311 Å². The second-order valence-corrected chi connectivity index (χ2v) is 13.0. The fourth-order valence-electron chi connectivity index (χ4n) is 5.69. The van der Waals surface area contributed by atoms with Crippen LogP contribution in [0.4, 0.5) is 0 Å². The third-order valence-corrected chi connectivity index (χ3v) is 9.15. The van der Waals surface area contributed by atoms with Crippen molar-refractivity contribution < 1.29 is 58.7 Å². The molecule has 0 saturated heterocycles. The number of aliphatic hydroxyl groups excluding tert-OH is 1. The van der Waals surface area contributed by atoms with Crippen LogP contribution in [0.3, 0.4) is 0 Å². The van der Waals surface area contributed by atoms with Crippen molar-refractivity contribution in [2.45, 2.75) is 83.3 Å². The van der Waals surface area contributed by atoms with Gasteiger partial charge in [0.1, 0.15) is 47.3 Å². The number of carboxylic acids is 2. The normalized spacial score (nSPS) is 25.0. The highest BCUT2D eigenvalue weighted by molar-refractivity contribution is 6.06. The summed E-state index contributed by atoms with van der Waals surface area (Å²) in [6.45, 7) is 11.4. The van der Waals surface area contributed by atoms with Gasteiger partial charge in [-0.25, -0.2) is 9.59 Å². The zero-order valence-electron chi connectivity index (χ0n) is 30.7. The Bertz CT molecular complexity index is 1820. The molecule has 0 aromatic heterocycles. The lowest BCUT2D eigenvalue weighted by molar-refractivity contribution is -0.146. The summed E-state index contributed by atoms with van der Waals surface area (Å²) in [5.41, 5.74) is -2.39. The summed E-state index contributed by atoms with van der Waals surface area (Å²) in [6.07, 6.45) is 1.89. The number of phenols is 1. The van der Waals surface area contributed by atoms with Crippen molar-refractivity contribution in [1.82, 2.24) is 31.5 Å². The summed E-state index contributed by atoms with van der Waals surface area (Å²) < 4.78 is 6.29. The number of carboxylic acid groups (broad SMARTS) is 2. The van der Waals surface area contributed by atoms with Crippen molar-refractivity contribution in [1.29, 1.82) is 0 Å². The first-order chi connectivity index (χ1) is 25.3. The first-order valence-electron chi connectivity index (χ1n) is 16.9. The first-order valence-corrected chi connectivity index (χ1v) is 16.9. The van der Waals surface area contributed by atoms with Gasteiger partial charge in [0.25, 0.3) is 17.7 Å². The lowest BCUT2D eigenvalue weighted by atomic mass is 9.90. The van der Waals surface area contributed by atoms with Gasteiger partial charge in [-0.2, -0.15) is 0 Å². The van der Waals surface area contributed by atoms with Crippen LogP contribution in [0.5, 0.6) is 11.5 Å². The largest absolute Gasteiger partial charge is 0.504 e. The van der Waals surface area contributed by atoms with Crippen molar-refractivity contribution in [3.63, 3.8) is 0 Å². The predicted molar refractivity (Wildman–Crippen MR) is 191 cm³/mol. The van der Waals surface area contributed by atoms with E-state index in [2.05, 4.69) is 27.8 Å². The number of aromatic hydroxyl groups is 1.